The molecule has 1 aromatic rings. The van der Waals surface area contributed by atoms with Gasteiger partial charge in [0.15, 0.2) is 0 Å². The van der Waals surface area contributed by atoms with Crippen molar-refractivity contribution in [3.63, 3.8) is 0 Å². The second-order valence-electron chi connectivity index (χ2n) is 6.02. The largest absolute Gasteiger partial charge is 0.398 e. The van der Waals surface area contributed by atoms with Gasteiger partial charge < -0.3 is 0 Å². The van der Waals surface area contributed by atoms with Crippen molar-refractivity contribution in [2.24, 2.45) is 5.92 Å². The average molecular weight is 355 g/mol. The first-order chi connectivity index (χ1) is 10.2. The lowest BCUT2D eigenvalue weighted by molar-refractivity contribution is -0.195. The minimum Gasteiger partial charge on any atom is -0.170 e. The molecule has 0 saturated heterocycles. The third-order valence-corrected chi connectivity index (χ3v) is 4.84. The van der Waals surface area contributed by atoms with Crippen LogP contribution in [0.3, 0.4) is 0 Å². The lowest BCUT2D eigenvalue weighted by Crippen LogP contribution is -2.42. The maximum absolute atomic E-state index is 13.9. The monoisotopic (exact) mass is 354 g/mol. The number of alkyl halides is 3. The van der Waals surface area contributed by atoms with Crippen LogP contribution >= 0.6 is 23.2 Å². The minimum absolute atomic E-state index is 0.0218. The molecule has 1 aromatic carbocycles. The van der Waals surface area contributed by atoms with E-state index in [1.54, 1.807) is 6.92 Å². The van der Waals surface area contributed by atoms with Gasteiger partial charge in [0, 0.05) is 10.0 Å². The summed E-state index contributed by atoms with van der Waals surface area (Å²) in [6, 6.07) is 4.26. The highest BCUT2D eigenvalue weighted by atomic mass is 35.5. The molecule has 0 aliphatic carbocycles. The minimum atomic E-state index is -4.33. The van der Waals surface area contributed by atoms with Gasteiger partial charge in [-0.2, -0.15) is 13.2 Å². The lowest BCUT2D eigenvalue weighted by Gasteiger charge is -2.36. The van der Waals surface area contributed by atoms with Crippen LogP contribution in [0.4, 0.5) is 13.2 Å². The van der Waals surface area contributed by atoms with Crippen LogP contribution in [0.15, 0.2) is 18.2 Å². The first-order valence-corrected chi connectivity index (χ1v) is 8.45. The van der Waals surface area contributed by atoms with Gasteiger partial charge >= 0.3 is 6.18 Å². The van der Waals surface area contributed by atoms with E-state index in [4.69, 9.17) is 23.2 Å². The quantitative estimate of drug-likeness (QED) is 0.477. The van der Waals surface area contributed by atoms with Crippen LogP contribution in [-0.2, 0) is 5.41 Å². The van der Waals surface area contributed by atoms with Crippen molar-refractivity contribution >= 4 is 23.2 Å². The first kappa shape index (κ1) is 19.6. The van der Waals surface area contributed by atoms with E-state index in [-0.39, 0.29) is 34.4 Å². The Morgan fingerprint density at radius 1 is 1.00 bits per heavy atom. The Morgan fingerprint density at radius 2 is 1.55 bits per heavy atom. The molecule has 0 N–H and O–H groups in total. The molecule has 0 bridgehead atoms. The Balaban J connectivity index is 3.21. The molecule has 1 rings (SSSR count). The Bertz CT molecular complexity index is 465. The molecule has 0 spiro atoms. The predicted octanol–water partition coefficient (Wildman–Crippen LogP) is 7.42. The predicted molar refractivity (Wildman–Crippen MR) is 87.8 cm³/mol. The number of hydrogen-bond acceptors (Lipinski definition) is 0. The van der Waals surface area contributed by atoms with Crippen LogP contribution in [0.5, 0.6) is 0 Å². The summed E-state index contributed by atoms with van der Waals surface area (Å²) < 4.78 is 41.6. The molecule has 0 heterocycles. The maximum Gasteiger partial charge on any atom is 0.398 e. The van der Waals surface area contributed by atoms with Crippen LogP contribution < -0.4 is 0 Å². The van der Waals surface area contributed by atoms with E-state index < -0.39 is 11.6 Å². The van der Waals surface area contributed by atoms with E-state index in [9.17, 15) is 13.2 Å². The first-order valence-electron chi connectivity index (χ1n) is 7.69. The normalized spacial score (nSPS) is 16.4. The molecule has 2 atom stereocenters. The van der Waals surface area contributed by atoms with Crippen LogP contribution in [0.25, 0.3) is 0 Å². The summed E-state index contributed by atoms with van der Waals surface area (Å²) in [5, 5.41) is 0.484. The molecule has 0 nitrogen and oxygen atoms in total. The average Bonchev–Trinajstić information content (AvgIpc) is 2.37. The van der Waals surface area contributed by atoms with Crippen molar-refractivity contribution in [2.45, 2.75) is 64.5 Å². The third-order valence-electron chi connectivity index (χ3n) is 4.41. The van der Waals surface area contributed by atoms with Gasteiger partial charge in [-0.05, 0) is 48.9 Å². The molecule has 0 aromatic heterocycles. The highest BCUT2D eigenvalue weighted by Crippen LogP contribution is 2.48. The van der Waals surface area contributed by atoms with Gasteiger partial charge in [-0.15, -0.1) is 0 Å². The summed E-state index contributed by atoms with van der Waals surface area (Å²) >= 11 is 11.8. The molecule has 0 radical (unpaired) electrons. The summed E-state index contributed by atoms with van der Waals surface area (Å²) in [6.07, 6.45) is -1.84. The maximum atomic E-state index is 13.9. The standard InChI is InChI=1S/C17H23Cl2F3/c1-4-6-12(3)7-8-16(5-2,17(20,21)22)13-9-14(18)11-15(19)10-13/h9-12H,4-8H2,1-3H3. The Morgan fingerprint density at radius 3 is 1.95 bits per heavy atom. The van der Waals surface area contributed by atoms with E-state index in [1.807, 2.05) is 13.8 Å². The summed E-state index contributed by atoms with van der Waals surface area (Å²) in [6.45, 7) is 5.63. The fraction of sp³-hybridized carbons (Fsp3) is 0.647. The Labute approximate surface area is 141 Å². The molecule has 0 amide bonds. The summed E-state index contributed by atoms with van der Waals surface area (Å²) in [7, 11) is 0. The van der Waals surface area contributed by atoms with Crippen molar-refractivity contribution in [2.75, 3.05) is 0 Å². The summed E-state index contributed by atoms with van der Waals surface area (Å²) in [5.74, 6) is 0.271. The molecule has 0 aliphatic heterocycles. The van der Waals surface area contributed by atoms with Crippen LogP contribution in [0.2, 0.25) is 10.0 Å². The molecule has 22 heavy (non-hydrogen) atoms. The van der Waals surface area contributed by atoms with Crippen LogP contribution in [0.1, 0.15) is 58.4 Å². The van der Waals surface area contributed by atoms with Crippen molar-refractivity contribution < 1.29 is 13.2 Å². The molecule has 126 valence electrons. The number of halogens is 5. The van der Waals surface area contributed by atoms with Gasteiger partial charge in [-0.3, -0.25) is 0 Å². The van der Waals surface area contributed by atoms with E-state index in [1.165, 1.54) is 18.2 Å². The second kappa shape index (κ2) is 7.92. The summed E-state index contributed by atoms with van der Waals surface area (Å²) in [4.78, 5) is 0. The zero-order valence-electron chi connectivity index (χ0n) is 13.2. The topological polar surface area (TPSA) is 0 Å². The fourth-order valence-electron chi connectivity index (χ4n) is 2.99. The zero-order chi connectivity index (χ0) is 17.0. The van der Waals surface area contributed by atoms with Gasteiger partial charge in [-0.1, -0.05) is 56.8 Å². The van der Waals surface area contributed by atoms with E-state index in [0.717, 1.165) is 12.8 Å². The molecular formula is C17H23Cl2F3. The van der Waals surface area contributed by atoms with Crippen LogP contribution in [-0.4, -0.2) is 6.18 Å². The molecule has 5 heteroatoms. The van der Waals surface area contributed by atoms with Crippen molar-refractivity contribution in [1.82, 2.24) is 0 Å². The second-order valence-corrected chi connectivity index (χ2v) is 6.90. The molecule has 0 fully saturated rings. The van der Waals surface area contributed by atoms with Gasteiger partial charge in [0.05, 0.1) is 5.41 Å². The van der Waals surface area contributed by atoms with E-state index in [2.05, 4.69) is 0 Å². The number of rotatable bonds is 7. The molecule has 2 unspecified atom stereocenters. The summed E-state index contributed by atoms with van der Waals surface area (Å²) in [5.41, 5.74) is -1.72. The van der Waals surface area contributed by atoms with Crippen molar-refractivity contribution in [1.29, 1.82) is 0 Å². The van der Waals surface area contributed by atoms with Gasteiger partial charge in [0.25, 0.3) is 0 Å². The van der Waals surface area contributed by atoms with Crippen molar-refractivity contribution in [3.05, 3.63) is 33.8 Å². The van der Waals surface area contributed by atoms with Gasteiger partial charge in [0.2, 0.25) is 0 Å². The Kier molecular flexibility index (Phi) is 7.07. The van der Waals surface area contributed by atoms with Gasteiger partial charge in [0.1, 0.15) is 0 Å². The number of benzene rings is 1. The number of hydrogen-bond donors (Lipinski definition) is 0. The highest BCUT2D eigenvalue weighted by Gasteiger charge is 2.54. The van der Waals surface area contributed by atoms with E-state index in [0.29, 0.717) is 6.42 Å². The zero-order valence-corrected chi connectivity index (χ0v) is 14.7. The van der Waals surface area contributed by atoms with E-state index >= 15 is 0 Å². The fourth-order valence-corrected chi connectivity index (χ4v) is 3.52. The molecule has 0 saturated carbocycles. The van der Waals surface area contributed by atoms with Gasteiger partial charge in [-0.25, -0.2) is 0 Å². The smallest absolute Gasteiger partial charge is 0.170 e. The highest BCUT2D eigenvalue weighted by molar-refractivity contribution is 6.34. The molecular weight excluding hydrogens is 332 g/mol. The third kappa shape index (κ3) is 4.55. The SMILES string of the molecule is CCCC(C)CCC(CC)(c1cc(Cl)cc(Cl)c1)C(F)(F)F. The Hall–Kier alpha value is -0.410. The van der Waals surface area contributed by atoms with Crippen LogP contribution in [0, 0.1) is 5.92 Å². The van der Waals surface area contributed by atoms with Crippen molar-refractivity contribution in [3.8, 4) is 0 Å². The molecule has 0 aliphatic rings. The lowest BCUT2D eigenvalue weighted by atomic mass is 9.72.